The minimum atomic E-state index is -1.88. The Hall–Kier alpha value is -5.55. The Balaban J connectivity index is 1.61. The first kappa shape index (κ1) is 29.9. The first-order chi connectivity index (χ1) is 21.2. The molecule has 1 aliphatic rings. The van der Waals surface area contributed by atoms with Gasteiger partial charge in [-0.2, -0.15) is 0 Å². The van der Waals surface area contributed by atoms with Gasteiger partial charge in [0.25, 0.3) is 5.56 Å². The minimum absolute atomic E-state index is 0.177. The van der Waals surface area contributed by atoms with E-state index in [0.29, 0.717) is 0 Å². The molecule has 1 aromatic heterocycles. The van der Waals surface area contributed by atoms with Crippen molar-refractivity contribution in [3.05, 3.63) is 153 Å². The fourth-order valence-corrected chi connectivity index (χ4v) is 4.95. The van der Waals surface area contributed by atoms with Crippen molar-refractivity contribution in [1.82, 2.24) is 9.55 Å². The summed E-state index contributed by atoms with van der Waals surface area (Å²) in [7, 11) is 0. The zero-order valence-corrected chi connectivity index (χ0v) is 23.5. The molecule has 44 heavy (non-hydrogen) atoms. The van der Waals surface area contributed by atoms with Crippen molar-refractivity contribution in [3.8, 4) is 0 Å². The zero-order chi connectivity index (χ0) is 31.3. The highest BCUT2D eigenvalue weighted by atomic mass is 16.7. The lowest BCUT2D eigenvalue weighted by Gasteiger charge is -2.32. The number of aromatic amines is 1. The van der Waals surface area contributed by atoms with Gasteiger partial charge in [0, 0.05) is 12.3 Å². The normalized spacial score (nSPS) is 21.5. The molecule has 2 heterocycles. The van der Waals surface area contributed by atoms with Crippen molar-refractivity contribution in [3.63, 3.8) is 0 Å². The first-order valence-corrected chi connectivity index (χ1v) is 13.6. The molecule has 0 radical (unpaired) electrons. The lowest BCUT2D eigenvalue weighted by molar-refractivity contribution is -0.147. The summed E-state index contributed by atoms with van der Waals surface area (Å²) < 4.78 is 25.0. The second kappa shape index (κ2) is 12.8. The molecule has 5 unspecified atom stereocenters. The van der Waals surface area contributed by atoms with Crippen molar-refractivity contribution in [1.29, 1.82) is 0 Å². The first-order valence-electron chi connectivity index (χ1n) is 13.6. The number of nitrogens with zero attached hydrogens (tertiary/aromatic N) is 1. The molecule has 0 amide bonds. The van der Waals surface area contributed by atoms with Gasteiger partial charge in [-0.25, -0.2) is 19.2 Å². The van der Waals surface area contributed by atoms with Crippen LogP contribution in [0.3, 0.4) is 0 Å². The molecule has 0 bridgehead atoms. The number of carbonyl (C=O) groups excluding carboxylic acids is 3. The van der Waals surface area contributed by atoms with Crippen LogP contribution in [-0.2, 0) is 24.7 Å². The summed E-state index contributed by atoms with van der Waals surface area (Å²) in [5, 5.41) is 0. The third-order valence-corrected chi connectivity index (χ3v) is 7.13. The fourth-order valence-electron chi connectivity index (χ4n) is 4.95. The smallest absolute Gasteiger partial charge is 0.338 e. The van der Waals surface area contributed by atoms with E-state index in [1.54, 1.807) is 66.7 Å². The Labute approximate surface area is 251 Å². The predicted molar refractivity (Wildman–Crippen MR) is 157 cm³/mol. The number of rotatable bonds is 9. The van der Waals surface area contributed by atoms with Gasteiger partial charge in [0.15, 0.2) is 24.0 Å². The topological polar surface area (TPSA) is 143 Å². The lowest BCUT2D eigenvalue weighted by atomic mass is 9.99. The standard InChI is InChI=1S/C33H28N2O9/c1-3-24(41-29(37)21-13-7-4-8-14-21)26-27(42-30(38)22-15-9-5-10-16-22)28(43-31(39)23-17-11-6-12-18-23)33(2,44-26)35-20-19-25(36)34-32(35)40/h3-20,24,26-28H,1H2,2H3,(H,34,36,40). The van der Waals surface area contributed by atoms with Gasteiger partial charge in [-0.15, -0.1) is 0 Å². The molecule has 1 fully saturated rings. The van der Waals surface area contributed by atoms with E-state index in [1.165, 1.54) is 43.5 Å². The second-order valence-electron chi connectivity index (χ2n) is 10.0. The molecule has 0 saturated carbocycles. The predicted octanol–water partition coefficient (Wildman–Crippen LogP) is 3.47. The van der Waals surface area contributed by atoms with Crippen LogP contribution in [0.25, 0.3) is 0 Å². The number of nitrogens with one attached hydrogen (secondary N) is 1. The molecule has 0 spiro atoms. The SMILES string of the molecule is C=CC(OC(=O)c1ccccc1)C1OC(C)(n2ccc(=O)[nH]c2=O)C(OC(=O)c2ccccc2)C1OC(=O)c1ccccc1. The number of H-pyrrole nitrogens is 1. The number of hydrogen-bond donors (Lipinski definition) is 1. The molecule has 11 heteroatoms. The Bertz CT molecular complexity index is 1770. The highest BCUT2D eigenvalue weighted by Gasteiger charge is 2.61. The Morgan fingerprint density at radius 1 is 0.818 bits per heavy atom. The van der Waals surface area contributed by atoms with Crippen molar-refractivity contribution < 1.29 is 33.3 Å². The average molecular weight is 597 g/mol. The quantitative estimate of drug-likeness (QED) is 0.175. The molecule has 0 aliphatic carbocycles. The largest absolute Gasteiger partial charge is 0.452 e. The summed E-state index contributed by atoms with van der Waals surface area (Å²) in [5.74, 6) is -2.32. The van der Waals surface area contributed by atoms with E-state index in [4.69, 9.17) is 18.9 Å². The van der Waals surface area contributed by atoms with Crippen molar-refractivity contribution in [2.75, 3.05) is 0 Å². The van der Waals surface area contributed by atoms with Crippen LogP contribution in [0.5, 0.6) is 0 Å². The van der Waals surface area contributed by atoms with E-state index in [2.05, 4.69) is 11.6 Å². The molecule has 1 N–H and O–H groups in total. The lowest BCUT2D eigenvalue weighted by Crippen LogP contribution is -2.52. The summed E-state index contributed by atoms with van der Waals surface area (Å²) in [6.45, 7) is 5.21. The van der Waals surface area contributed by atoms with Gasteiger partial charge < -0.3 is 18.9 Å². The zero-order valence-electron chi connectivity index (χ0n) is 23.5. The molecular formula is C33H28N2O9. The van der Waals surface area contributed by atoms with Gasteiger partial charge in [0.1, 0.15) is 6.10 Å². The van der Waals surface area contributed by atoms with Crippen LogP contribution in [0.15, 0.2) is 126 Å². The maximum absolute atomic E-state index is 13.4. The maximum atomic E-state index is 13.4. The number of hydrogen-bond acceptors (Lipinski definition) is 9. The Morgan fingerprint density at radius 3 is 1.82 bits per heavy atom. The van der Waals surface area contributed by atoms with Crippen molar-refractivity contribution >= 4 is 17.9 Å². The summed E-state index contributed by atoms with van der Waals surface area (Å²) in [4.78, 5) is 67.0. The number of esters is 3. The highest BCUT2D eigenvalue weighted by molar-refractivity contribution is 5.91. The van der Waals surface area contributed by atoms with Gasteiger partial charge in [-0.3, -0.25) is 14.3 Å². The highest BCUT2D eigenvalue weighted by Crippen LogP contribution is 2.41. The molecule has 224 valence electrons. The van der Waals surface area contributed by atoms with Crippen LogP contribution in [-0.4, -0.2) is 51.9 Å². The fraction of sp³-hybridized carbons (Fsp3) is 0.182. The van der Waals surface area contributed by atoms with E-state index in [9.17, 15) is 24.0 Å². The summed E-state index contributed by atoms with van der Waals surface area (Å²) >= 11 is 0. The molecule has 11 nitrogen and oxygen atoms in total. The van der Waals surface area contributed by atoms with Crippen LogP contribution >= 0.6 is 0 Å². The van der Waals surface area contributed by atoms with E-state index in [1.807, 2.05) is 0 Å². The Kier molecular flexibility index (Phi) is 8.68. The number of ether oxygens (including phenoxy) is 4. The monoisotopic (exact) mass is 596 g/mol. The van der Waals surface area contributed by atoms with Crippen molar-refractivity contribution in [2.24, 2.45) is 0 Å². The van der Waals surface area contributed by atoms with Gasteiger partial charge in [0.2, 0.25) is 0 Å². The summed E-state index contributed by atoms with van der Waals surface area (Å²) in [5.41, 5.74) is -2.83. The number of benzene rings is 3. The van der Waals surface area contributed by atoms with Crippen LogP contribution in [0, 0.1) is 0 Å². The van der Waals surface area contributed by atoms with Gasteiger partial charge in [-0.05, 0) is 49.4 Å². The molecule has 5 atom stereocenters. The maximum Gasteiger partial charge on any atom is 0.338 e. The van der Waals surface area contributed by atoms with Crippen LogP contribution in [0.4, 0.5) is 0 Å². The Morgan fingerprint density at radius 2 is 1.32 bits per heavy atom. The molecule has 1 aliphatic heterocycles. The average Bonchev–Trinajstić information content (AvgIpc) is 3.31. The molecule has 1 saturated heterocycles. The van der Waals surface area contributed by atoms with E-state index in [-0.39, 0.29) is 16.7 Å². The van der Waals surface area contributed by atoms with E-state index in [0.717, 1.165) is 10.6 Å². The number of carbonyl (C=O) groups is 3. The third kappa shape index (κ3) is 6.13. The molecular weight excluding hydrogens is 568 g/mol. The summed E-state index contributed by atoms with van der Waals surface area (Å²) in [6.07, 6.45) is -3.06. The van der Waals surface area contributed by atoms with Crippen LogP contribution in [0.2, 0.25) is 0 Å². The molecule has 5 rings (SSSR count). The molecule has 4 aromatic rings. The third-order valence-electron chi connectivity index (χ3n) is 7.13. The molecule has 3 aromatic carbocycles. The van der Waals surface area contributed by atoms with Gasteiger partial charge >= 0.3 is 23.6 Å². The second-order valence-corrected chi connectivity index (χ2v) is 10.0. The summed E-state index contributed by atoms with van der Waals surface area (Å²) in [6, 6.07) is 25.4. The van der Waals surface area contributed by atoms with E-state index < -0.39 is 59.3 Å². The number of aromatic nitrogens is 2. The van der Waals surface area contributed by atoms with Crippen molar-refractivity contribution in [2.45, 2.75) is 37.1 Å². The van der Waals surface area contributed by atoms with Gasteiger partial charge in [-0.1, -0.05) is 61.2 Å². The minimum Gasteiger partial charge on any atom is -0.452 e. The van der Waals surface area contributed by atoms with Gasteiger partial charge in [0.05, 0.1) is 16.7 Å². The van der Waals surface area contributed by atoms with Crippen LogP contribution < -0.4 is 11.2 Å². The van der Waals surface area contributed by atoms with Crippen LogP contribution in [0.1, 0.15) is 38.0 Å². The van der Waals surface area contributed by atoms with E-state index >= 15 is 0 Å².